The van der Waals surface area contributed by atoms with Gasteiger partial charge >= 0.3 is 0 Å². The molecule has 3 aromatic rings. The second-order valence-electron chi connectivity index (χ2n) is 10.2. The topological polar surface area (TPSA) is 105 Å². The van der Waals surface area contributed by atoms with E-state index < -0.39 is 0 Å². The van der Waals surface area contributed by atoms with E-state index in [9.17, 15) is 9.90 Å². The minimum Gasteiger partial charge on any atom is -0.491 e. The first kappa shape index (κ1) is 26.9. The lowest BCUT2D eigenvalue weighted by Gasteiger charge is -2.45. The largest absolute Gasteiger partial charge is 0.491 e. The molecule has 37 heavy (non-hydrogen) atoms. The average Bonchev–Trinajstić information content (AvgIpc) is 2.89. The van der Waals surface area contributed by atoms with Crippen LogP contribution in [0.25, 0.3) is 22.0 Å². The van der Waals surface area contributed by atoms with Crippen molar-refractivity contribution in [1.82, 2.24) is 9.47 Å². The van der Waals surface area contributed by atoms with Crippen molar-refractivity contribution >= 4 is 16.7 Å². The van der Waals surface area contributed by atoms with Crippen LogP contribution in [0.1, 0.15) is 71.0 Å². The summed E-state index contributed by atoms with van der Waals surface area (Å²) in [7, 11) is 0. The number of aromatic nitrogens is 1. The third kappa shape index (κ3) is 5.73. The summed E-state index contributed by atoms with van der Waals surface area (Å²) >= 11 is 0. The molecular weight excluding hydrogens is 464 g/mol. The highest BCUT2D eigenvalue weighted by molar-refractivity contribution is 5.96. The standard InChI is InChI=1S/C30H40N4O3/c1-4-5-12-28(33-20(2)8-6-9-21(33)3)34-27-19-25(37-16-15-35)14-13-23(27)18-26(30(34)36)22-10-7-11-24(17-22)29(31)32/h7,10-11,13-14,17-21,28,35H,4-6,8-9,12,15-16H2,1-3H3,(H3,31,32)/t20-,21+,28?. The van der Waals surface area contributed by atoms with E-state index >= 15 is 0 Å². The maximum Gasteiger partial charge on any atom is 0.260 e. The predicted molar refractivity (Wildman–Crippen MR) is 150 cm³/mol. The van der Waals surface area contributed by atoms with Crippen molar-refractivity contribution in [2.75, 3.05) is 13.2 Å². The summed E-state index contributed by atoms with van der Waals surface area (Å²) < 4.78 is 7.72. The molecule has 0 aliphatic carbocycles. The number of benzene rings is 2. The summed E-state index contributed by atoms with van der Waals surface area (Å²) in [6.07, 6.45) is 6.27. The van der Waals surface area contributed by atoms with Crippen molar-refractivity contribution in [2.24, 2.45) is 5.73 Å². The normalized spacial score (nSPS) is 19.1. The Kier molecular flexibility index (Phi) is 8.67. The number of unbranched alkanes of at least 4 members (excludes halogenated alkanes) is 1. The van der Waals surface area contributed by atoms with Crippen molar-refractivity contribution in [3.05, 3.63) is 64.4 Å². The molecule has 1 aromatic heterocycles. The van der Waals surface area contributed by atoms with Gasteiger partial charge < -0.3 is 15.6 Å². The molecule has 1 aliphatic rings. The number of nitrogens with one attached hydrogen (secondary N) is 1. The average molecular weight is 505 g/mol. The Balaban J connectivity index is 1.99. The zero-order valence-electron chi connectivity index (χ0n) is 22.2. The molecule has 1 fully saturated rings. The van der Waals surface area contributed by atoms with Crippen LogP contribution in [-0.2, 0) is 0 Å². The van der Waals surface area contributed by atoms with Gasteiger partial charge in [-0.15, -0.1) is 0 Å². The van der Waals surface area contributed by atoms with Crippen LogP contribution in [0.15, 0.2) is 53.3 Å². The number of fused-ring (bicyclic) bond motifs is 1. The minimum absolute atomic E-state index is 0.0228. The van der Waals surface area contributed by atoms with E-state index in [1.807, 2.05) is 47.0 Å². The Bertz CT molecular complexity index is 1290. The van der Waals surface area contributed by atoms with E-state index in [0.717, 1.165) is 48.6 Å². The molecule has 1 saturated heterocycles. The fraction of sp³-hybridized carbons (Fsp3) is 0.467. The first-order valence-electron chi connectivity index (χ1n) is 13.5. The molecule has 0 saturated carbocycles. The Morgan fingerprint density at radius 1 is 1.16 bits per heavy atom. The fourth-order valence-corrected chi connectivity index (χ4v) is 5.75. The van der Waals surface area contributed by atoms with Crippen LogP contribution in [0.3, 0.4) is 0 Å². The quantitative estimate of drug-likeness (QED) is 0.258. The molecule has 4 N–H and O–H groups in total. The number of nitrogens with two attached hydrogens (primary N) is 1. The molecule has 1 aliphatic heterocycles. The smallest absolute Gasteiger partial charge is 0.260 e. The van der Waals surface area contributed by atoms with E-state index in [1.54, 1.807) is 6.07 Å². The minimum atomic E-state index is -0.0933. The van der Waals surface area contributed by atoms with Crippen LogP contribution in [0.2, 0.25) is 0 Å². The number of aliphatic hydroxyl groups is 1. The second kappa shape index (κ2) is 11.9. The molecule has 0 bridgehead atoms. The number of nitrogen functional groups attached to an aromatic ring is 1. The van der Waals surface area contributed by atoms with Crippen molar-refractivity contribution in [3.8, 4) is 16.9 Å². The third-order valence-corrected chi connectivity index (χ3v) is 7.57. The number of pyridine rings is 1. The number of rotatable bonds is 10. The van der Waals surface area contributed by atoms with E-state index in [0.29, 0.717) is 29.0 Å². The number of nitrogens with zero attached hydrogens (tertiary/aromatic N) is 2. The molecule has 1 unspecified atom stereocenters. The van der Waals surface area contributed by atoms with Gasteiger partial charge in [0.15, 0.2) is 0 Å². The molecular formula is C30H40N4O3. The van der Waals surface area contributed by atoms with E-state index in [-0.39, 0.29) is 30.8 Å². The molecule has 0 radical (unpaired) electrons. The predicted octanol–water partition coefficient (Wildman–Crippen LogP) is 5.28. The van der Waals surface area contributed by atoms with Crippen LogP contribution in [0.5, 0.6) is 5.75 Å². The van der Waals surface area contributed by atoms with Crippen LogP contribution in [0, 0.1) is 5.41 Å². The molecule has 2 heterocycles. The number of hydrogen-bond acceptors (Lipinski definition) is 5. The van der Waals surface area contributed by atoms with Crippen LogP contribution in [-0.4, -0.2) is 45.7 Å². The first-order valence-corrected chi connectivity index (χ1v) is 13.5. The van der Waals surface area contributed by atoms with Crippen molar-refractivity contribution < 1.29 is 9.84 Å². The summed E-state index contributed by atoms with van der Waals surface area (Å²) in [4.78, 5) is 17.0. The van der Waals surface area contributed by atoms with Gasteiger partial charge in [0.2, 0.25) is 0 Å². The molecule has 0 amide bonds. The zero-order chi connectivity index (χ0) is 26.5. The lowest BCUT2D eigenvalue weighted by Crippen LogP contribution is -2.49. The second-order valence-corrected chi connectivity index (χ2v) is 10.2. The van der Waals surface area contributed by atoms with Gasteiger partial charge in [-0.1, -0.05) is 44.4 Å². The molecule has 7 nitrogen and oxygen atoms in total. The molecule has 7 heteroatoms. The van der Waals surface area contributed by atoms with Crippen molar-refractivity contribution in [1.29, 1.82) is 5.41 Å². The van der Waals surface area contributed by atoms with Gasteiger partial charge in [0, 0.05) is 29.3 Å². The lowest BCUT2D eigenvalue weighted by atomic mass is 9.95. The van der Waals surface area contributed by atoms with Crippen LogP contribution >= 0.6 is 0 Å². The molecule has 3 atom stereocenters. The van der Waals surface area contributed by atoms with Crippen molar-refractivity contribution in [2.45, 2.75) is 77.5 Å². The Morgan fingerprint density at radius 3 is 2.59 bits per heavy atom. The zero-order valence-corrected chi connectivity index (χ0v) is 22.2. The Morgan fingerprint density at radius 2 is 1.92 bits per heavy atom. The summed E-state index contributed by atoms with van der Waals surface area (Å²) in [6.45, 7) is 6.87. The van der Waals surface area contributed by atoms with Crippen LogP contribution in [0.4, 0.5) is 0 Å². The van der Waals surface area contributed by atoms with Gasteiger partial charge in [0.1, 0.15) is 18.2 Å². The number of amidine groups is 1. The van der Waals surface area contributed by atoms with E-state index in [1.165, 1.54) is 6.42 Å². The Labute approximate surface area is 219 Å². The number of ether oxygens (including phenoxy) is 1. The number of likely N-dealkylation sites (tertiary alicyclic amines) is 1. The first-order chi connectivity index (χ1) is 17.8. The van der Waals surface area contributed by atoms with E-state index in [4.69, 9.17) is 15.9 Å². The highest BCUT2D eigenvalue weighted by Gasteiger charge is 2.33. The van der Waals surface area contributed by atoms with Crippen LogP contribution < -0.4 is 16.0 Å². The lowest BCUT2D eigenvalue weighted by molar-refractivity contribution is 0.0148. The van der Waals surface area contributed by atoms with Gasteiger partial charge in [0.25, 0.3) is 5.56 Å². The molecule has 2 aromatic carbocycles. The highest BCUT2D eigenvalue weighted by Crippen LogP contribution is 2.35. The molecule has 4 rings (SSSR count). The SMILES string of the molecule is CCCCC(N1[C@H](C)CCC[C@@H]1C)n1c(=O)c(-c2cccc(C(=N)N)c2)cc2ccc(OCCO)cc21. The van der Waals surface area contributed by atoms with Gasteiger partial charge in [0.05, 0.1) is 18.3 Å². The van der Waals surface area contributed by atoms with Gasteiger partial charge in [-0.3, -0.25) is 19.7 Å². The Hall–Kier alpha value is -3.16. The number of piperidine rings is 1. The third-order valence-electron chi connectivity index (χ3n) is 7.57. The monoisotopic (exact) mass is 504 g/mol. The summed E-state index contributed by atoms with van der Waals surface area (Å²) in [5.41, 5.74) is 8.49. The van der Waals surface area contributed by atoms with Gasteiger partial charge in [-0.25, -0.2) is 0 Å². The number of hydrogen-bond donors (Lipinski definition) is 3. The summed E-state index contributed by atoms with van der Waals surface area (Å²) in [5, 5.41) is 18.1. The summed E-state index contributed by atoms with van der Waals surface area (Å²) in [5.74, 6) is 0.612. The molecule has 0 spiro atoms. The number of aliphatic hydroxyl groups excluding tert-OH is 1. The maximum atomic E-state index is 14.4. The van der Waals surface area contributed by atoms with Gasteiger partial charge in [-0.2, -0.15) is 0 Å². The fourth-order valence-electron chi connectivity index (χ4n) is 5.75. The van der Waals surface area contributed by atoms with E-state index in [2.05, 4.69) is 25.7 Å². The van der Waals surface area contributed by atoms with Crippen molar-refractivity contribution in [3.63, 3.8) is 0 Å². The van der Waals surface area contributed by atoms with Gasteiger partial charge in [-0.05, 0) is 68.3 Å². The molecule has 198 valence electrons. The highest BCUT2D eigenvalue weighted by atomic mass is 16.5. The summed E-state index contributed by atoms with van der Waals surface area (Å²) in [6, 6.07) is 15.8. The maximum absolute atomic E-state index is 14.4.